The van der Waals surface area contributed by atoms with Gasteiger partial charge in [-0.05, 0) is 25.0 Å². The summed E-state index contributed by atoms with van der Waals surface area (Å²) in [6, 6.07) is 7.29. The number of carbonyl (C=O) groups is 1. The molecule has 1 saturated heterocycles. The van der Waals surface area contributed by atoms with Crippen LogP contribution in [0.4, 0.5) is 14.6 Å². The van der Waals surface area contributed by atoms with Crippen molar-refractivity contribution in [3.05, 3.63) is 30.1 Å². The van der Waals surface area contributed by atoms with Crippen molar-refractivity contribution >= 4 is 22.6 Å². The molecule has 1 amide bonds. The SMILES string of the molecule is CN(C)C(=O)CN1CCC(Nc2nc(C(F)F)nc3ccccc23)CC1. The van der Waals surface area contributed by atoms with Crippen LogP contribution in [0, 0.1) is 0 Å². The Bertz CT molecular complexity index is 775. The van der Waals surface area contributed by atoms with Gasteiger partial charge in [-0.2, -0.15) is 0 Å². The topological polar surface area (TPSA) is 61.4 Å². The number of hydrogen-bond donors (Lipinski definition) is 1. The van der Waals surface area contributed by atoms with Crippen molar-refractivity contribution in [2.24, 2.45) is 0 Å². The van der Waals surface area contributed by atoms with Crippen LogP contribution in [0.1, 0.15) is 25.1 Å². The molecule has 6 nitrogen and oxygen atoms in total. The Morgan fingerprint density at radius 1 is 1.27 bits per heavy atom. The fourth-order valence-electron chi connectivity index (χ4n) is 3.06. The number of hydrogen-bond acceptors (Lipinski definition) is 5. The Labute approximate surface area is 151 Å². The van der Waals surface area contributed by atoms with Crippen molar-refractivity contribution in [1.82, 2.24) is 19.8 Å². The van der Waals surface area contributed by atoms with Crippen LogP contribution in [0.15, 0.2) is 24.3 Å². The number of halogens is 2. The first-order valence-electron chi connectivity index (χ1n) is 8.68. The van der Waals surface area contributed by atoms with Crippen molar-refractivity contribution in [2.75, 3.05) is 39.0 Å². The molecular formula is C18H23F2N5O. The summed E-state index contributed by atoms with van der Waals surface area (Å²) in [4.78, 5) is 23.5. The highest BCUT2D eigenvalue weighted by atomic mass is 19.3. The minimum atomic E-state index is -2.71. The molecular weight excluding hydrogens is 340 g/mol. The van der Waals surface area contributed by atoms with Gasteiger partial charge < -0.3 is 10.2 Å². The Kier molecular flexibility index (Phi) is 5.61. The van der Waals surface area contributed by atoms with Crippen molar-refractivity contribution in [3.8, 4) is 0 Å². The van der Waals surface area contributed by atoms with E-state index < -0.39 is 12.2 Å². The van der Waals surface area contributed by atoms with E-state index in [0.717, 1.165) is 31.3 Å². The van der Waals surface area contributed by atoms with Crippen LogP contribution >= 0.6 is 0 Å². The first-order valence-corrected chi connectivity index (χ1v) is 8.68. The van der Waals surface area contributed by atoms with Gasteiger partial charge in [-0.1, -0.05) is 12.1 Å². The van der Waals surface area contributed by atoms with Gasteiger partial charge in [0.05, 0.1) is 12.1 Å². The molecule has 140 valence electrons. The van der Waals surface area contributed by atoms with Gasteiger partial charge in [0.2, 0.25) is 5.91 Å². The van der Waals surface area contributed by atoms with Gasteiger partial charge in [-0.15, -0.1) is 0 Å². The summed E-state index contributed by atoms with van der Waals surface area (Å²) in [5.74, 6) is 0.0775. The van der Waals surface area contributed by atoms with E-state index in [4.69, 9.17) is 0 Å². The van der Waals surface area contributed by atoms with E-state index in [1.165, 1.54) is 0 Å². The lowest BCUT2D eigenvalue weighted by molar-refractivity contribution is -0.130. The van der Waals surface area contributed by atoms with Crippen molar-refractivity contribution in [3.63, 3.8) is 0 Å². The lowest BCUT2D eigenvalue weighted by Gasteiger charge is -2.32. The molecule has 2 aromatic rings. The monoisotopic (exact) mass is 363 g/mol. The van der Waals surface area contributed by atoms with Crippen LogP contribution in [0.5, 0.6) is 0 Å². The fourth-order valence-corrected chi connectivity index (χ4v) is 3.06. The summed E-state index contributed by atoms with van der Waals surface area (Å²) < 4.78 is 26.2. The number of fused-ring (bicyclic) bond motifs is 1. The van der Waals surface area contributed by atoms with Crippen LogP contribution < -0.4 is 5.32 Å². The number of benzene rings is 1. The molecule has 1 aromatic carbocycles. The minimum absolute atomic E-state index is 0.0831. The zero-order valence-corrected chi connectivity index (χ0v) is 15.0. The summed E-state index contributed by atoms with van der Waals surface area (Å²) >= 11 is 0. The van der Waals surface area contributed by atoms with E-state index in [-0.39, 0.29) is 11.9 Å². The van der Waals surface area contributed by atoms with Crippen molar-refractivity contribution in [2.45, 2.75) is 25.3 Å². The van der Waals surface area contributed by atoms with Gasteiger partial charge >= 0.3 is 0 Å². The Morgan fingerprint density at radius 3 is 2.62 bits per heavy atom. The molecule has 0 bridgehead atoms. The zero-order chi connectivity index (χ0) is 18.7. The maximum absolute atomic E-state index is 13.1. The molecule has 1 fully saturated rings. The Balaban J connectivity index is 1.69. The summed E-state index contributed by atoms with van der Waals surface area (Å²) in [6.45, 7) is 1.97. The lowest BCUT2D eigenvalue weighted by Crippen LogP contribution is -2.44. The van der Waals surface area contributed by atoms with Gasteiger partial charge in [0.15, 0.2) is 5.82 Å². The minimum Gasteiger partial charge on any atom is -0.367 e. The highest BCUT2D eigenvalue weighted by Crippen LogP contribution is 2.26. The molecule has 0 aliphatic carbocycles. The maximum atomic E-state index is 13.1. The number of anilines is 1. The second-order valence-corrected chi connectivity index (χ2v) is 6.73. The molecule has 3 rings (SSSR count). The third kappa shape index (κ3) is 4.24. The van der Waals surface area contributed by atoms with Crippen LogP contribution in [0.3, 0.4) is 0 Å². The quantitative estimate of drug-likeness (QED) is 0.885. The van der Waals surface area contributed by atoms with E-state index in [0.29, 0.717) is 17.9 Å². The van der Waals surface area contributed by atoms with Gasteiger partial charge in [0.25, 0.3) is 6.43 Å². The number of para-hydroxylation sites is 1. The average molecular weight is 363 g/mol. The number of nitrogens with one attached hydrogen (secondary N) is 1. The number of aromatic nitrogens is 2. The second-order valence-electron chi connectivity index (χ2n) is 6.73. The predicted octanol–water partition coefficient (Wildman–Crippen LogP) is 2.53. The summed E-state index contributed by atoms with van der Waals surface area (Å²) in [6.07, 6.45) is -1.06. The first kappa shape index (κ1) is 18.4. The Hall–Kier alpha value is -2.35. The number of nitrogens with zero attached hydrogens (tertiary/aromatic N) is 4. The number of carbonyl (C=O) groups excluding carboxylic acids is 1. The summed E-state index contributed by atoms with van der Waals surface area (Å²) in [5, 5.41) is 4.05. The zero-order valence-electron chi connectivity index (χ0n) is 15.0. The molecule has 8 heteroatoms. The molecule has 0 atom stereocenters. The molecule has 0 unspecified atom stereocenters. The molecule has 0 radical (unpaired) electrons. The number of likely N-dealkylation sites (tertiary alicyclic amines) is 1. The molecule has 1 aliphatic heterocycles. The standard InChI is InChI=1S/C18H23F2N5O/c1-24(2)15(26)11-25-9-7-12(8-10-25)21-17-13-5-3-4-6-14(13)22-18(23-17)16(19)20/h3-6,12,16H,7-11H2,1-2H3,(H,21,22,23). The van der Waals surface area contributed by atoms with Gasteiger partial charge in [0.1, 0.15) is 5.82 Å². The predicted molar refractivity (Wildman–Crippen MR) is 96.3 cm³/mol. The molecule has 26 heavy (non-hydrogen) atoms. The number of likely N-dealkylation sites (N-methyl/N-ethyl adjacent to an activating group) is 1. The maximum Gasteiger partial charge on any atom is 0.297 e. The normalized spacial score (nSPS) is 16.2. The Morgan fingerprint density at radius 2 is 1.96 bits per heavy atom. The van der Waals surface area contributed by atoms with E-state index in [9.17, 15) is 13.6 Å². The number of alkyl halides is 2. The van der Waals surface area contributed by atoms with Gasteiger partial charge in [-0.3, -0.25) is 9.69 Å². The molecule has 0 saturated carbocycles. The third-order valence-electron chi connectivity index (χ3n) is 4.60. The van der Waals surface area contributed by atoms with E-state index in [1.54, 1.807) is 31.1 Å². The lowest BCUT2D eigenvalue weighted by atomic mass is 10.0. The molecule has 0 spiro atoms. The molecule has 2 heterocycles. The molecule has 1 aliphatic rings. The van der Waals surface area contributed by atoms with Crippen molar-refractivity contribution in [1.29, 1.82) is 0 Å². The van der Waals surface area contributed by atoms with Crippen LogP contribution in [-0.2, 0) is 4.79 Å². The van der Waals surface area contributed by atoms with Crippen LogP contribution in [0.25, 0.3) is 10.9 Å². The summed E-state index contributed by atoms with van der Waals surface area (Å²) in [7, 11) is 3.49. The second kappa shape index (κ2) is 7.90. The largest absolute Gasteiger partial charge is 0.367 e. The molecule has 1 aromatic heterocycles. The average Bonchev–Trinajstić information content (AvgIpc) is 2.63. The van der Waals surface area contributed by atoms with Crippen molar-refractivity contribution < 1.29 is 13.6 Å². The van der Waals surface area contributed by atoms with Crippen LogP contribution in [-0.4, -0.2) is 65.4 Å². The van der Waals surface area contributed by atoms with E-state index >= 15 is 0 Å². The number of piperidine rings is 1. The highest BCUT2D eigenvalue weighted by molar-refractivity contribution is 5.89. The molecule has 1 N–H and O–H groups in total. The van der Waals surface area contributed by atoms with Crippen LogP contribution in [0.2, 0.25) is 0 Å². The summed E-state index contributed by atoms with van der Waals surface area (Å²) in [5.41, 5.74) is 0.509. The number of amides is 1. The van der Waals surface area contributed by atoms with Gasteiger partial charge in [0, 0.05) is 38.6 Å². The number of rotatable bonds is 5. The fraction of sp³-hybridized carbons (Fsp3) is 0.500. The van der Waals surface area contributed by atoms with E-state index in [1.807, 2.05) is 12.1 Å². The van der Waals surface area contributed by atoms with E-state index in [2.05, 4.69) is 20.2 Å². The third-order valence-corrected chi connectivity index (χ3v) is 4.60. The van der Waals surface area contributed by atoms with Gasteiger partial charge in [-0.25, -0.2) is 18.7 Å². The smallest absolute Gasteiger partial charge is 0.297 e. The first-order chi connectivity index (χ1) is 12.4. The highest BCUT2D eigenvalue weighted by Gasteiger charge is 2.23.